The quantitative estimate of drug-likeness (QED) is 0.724. The highest BCUT2D eigenvalue weighted by molar-refractivity contribution is 6.03. The van der Waals surface area contributed by atoms with Crippen LogP contribution in [0.25, 0.3) is 11.5 Å². The van der Waals surface area contributed by atoms with E-state index >= 15 is 0 Å². The third-order valence-corrected chi connectivity index (χ3v) is 4.02. The van der Waals surface area contributed by atoms with Gasteiger partial charge in [0.05, 0.1) is 26.4 Å². The number of carbonyl (C=O) groups excluding carboxylic acids is 2. The summed E-state index contributed by atoms with van der Waals surface area (Å²) in [5.41, 5.74) is 1.44. The maximum atomic E-state index is 12.4. The fourth-order valence-corrected chi connectivity index (χ4v) is 2.67. The Morgan fingerprint density at radius 1 is 1.22 bits per heavy atom. The minimum absolute atomic E-state index is 0.0448. The third kappa shape index (κ3) is 3.68. The molecule has 0 fully saturated rings. The lowest BCUT2D eigenvalue weighted by molar-refractivity contribution is -0.140. The molecule has 0 radical (unpaired) electrons. The monoisotopic (exact) mass is 373 g/mol. The van der Waals surface area contributed by atoms with Crippen molar-refractivity contribution >= 4 is 17.6 Å². The van der Waals surface area contributed by atoms with Crippen LogP contribution in [-0.2, 0) is 30.2 Å². The van der Waals surface area contributed by atoms with Gasteiger partial charge in [-0.2, -0.15) is 4.98 Å². The van der Waals surface area contributed by atoms with Crippen LogP contribution in [0.1, 0.15) is 12.7 Å². The Bertz CT molecular complexity index is 889. The lowest BCUT2D eigenvalue weighted by Crippen LogP contribution is -2.38. The van der Waals surface area contributed by atoms with Crippen LogP contribution in [0, 0.1) is 0 Å². The number of aryl methyl sites for hydroxylation is 1. The zero-order valence-electron chi connectivity index (χ0n) is 15.2. The summed E-state index contributed by atoms with van der Waals surface area (Å²) in [6, 6.07) is 7.12. The summed E-state index contributed by atoms with van der Waals surface area (Å²) in [7, 11) is 2.49. The number of esters is 2. The van der Waals surface area contributed by atoms with Crippen LogP contribution in [0.2, 0.25) is 0 Å². The van der Waals surface area contributed by atoms with Crippen LogP contribution in [-0.4, -0.2) is 49.6 Å². The molecule has 0 saturated heterocycles. The van der Waals surface area contributed by atoms with Gasteiger partial charge in [-0.3, -0.25) is 0 Å². The summed E-state index contributed by atoms with van der Waals surface area (Å²) in [6.45, 7) is 1.95. The SMILES string of the molecule is CCc1noc(-c2cccc(N3COCC(C(=O)OC)=C3C(=O)OC)c2)n1. The second-order valence-electron chi connectivity index (χ2n) is 5.64. The smallest absolute Gasteiger partial charge is 0.355 e. The van der Waals surface area contributed by atoms with Gasteiger partial charge in [0.1, 0.15) is 12.4 Å². The summed E-state index contributed by atoms with van der Waals surface area (Å²) < 4.78 is 20.4. The van der Waals surface area contributed by atoms with E-state index in [1.165, 1.54) is 14.2 Å². The minimum atomic E-state index is -0.657. The number of anilines is 1. The first kappa shape index (κ1) is 18.6. The maximum absolute atomic E-state index is 12.4. The summed E-state index contributed by atoms with van der Waals surface area (Å²) in [4.78, 5) is 30.3. The van der Waals surface area contributed by atoms with Crippen molar-refractivity contribution in [2.75, 3.05) is 32.5 Å². The molecule has 2 heterocycles. The first-order chi connectivity index (χ1) is 13.1. The number of aromatic nitrogens is 2. The number of methoxy groups -OCH3 is 2. The number of ether oxygens (including phenoxy) is 3. The van der Waals surface area contributed by atoms with E-state index in [-0.39, 0.29) is 24.6 Å². The Hall–Kier alpha value is -3.20. The van der Waals surface area contributed by atoms with E-state index in [4.69, 9.17) is 18.7 Å². The number of nitrogens with zero attached hydrogens (tertiary/aromatic N) is 3. The highest BCUT2D eigenvalue weighted by Crippen LogP contribution is 2.29. The van der Waals surface area contributed by atoms with E-state index in [1.54, 1.807) is 23.1 Å². The van der Waals surface area contributed by atoms with Crippen LogP contribution >= 0.6 is 0 Å². The molecule has 0 amide bonds. The topological polar surface area (TPSA) is 104 Å². The molecule has 142 valence electrons. The Labute approximate surface area is 155 Å². The van der Waals surface area contributed by atoms with E-state index in [0.29, 0.717) is 29.4 Å². The van der Waals surface area contributed by atoms with Gasteiger partial charge < -0.3 is 23.6 Å². The Balaban J connectivity index is 2.04. The van der Waals surface area contributed by atoms with Crippen molar-refractivity contribution in [2.45, 2.75) is 13.3 Å². The van der Waals surface area contributed by atoms with Crippen LogP contribution < -0.4 is 4.90 Å². The molecular weight excluding hydrogens is 354 g/mol. The average molecular weight is 373 g/mol. The zero-order chi connectivity index (χ0) is 19.4. The number of carbonyl (C=O) groups is 2. The van der Waals surface area contributed by atoms with Crippen molar-refractivity contribution in [3.63, 3.8) is 0 Å². The van der Waals surface area contributed by atoms with Gasteiger partial charge in [-0.05, 0) is 18.2 Å². The fraction of sp³-hybridized carbons (Fsp3) is 0.333. The molecule has 1 aliphatic rings. The molecule has 1 aliphatic heterocycles. The van der Waals surface area contributed by atoms with Crippen LogP contribution in [0.15, 0.2) is 40.1 Å². The molecule has 0 unspecified atom stereocenters. The molecule has 0 N–H and O–H groups in total. The van der Waals surface area contributed by atoms with Crippen LogP contribution in [0.5, 0.6) is 0 Å². The van der Waals surface area contributed by atoms with Crippen molar-refractivity contribution in [1.29, 1.82) is 0 Å². The number of hydrogen-bond acceptors (Lipinski definition) is 9. The van der Waals surface area contributed by atoms with Gasteiger partial charge >= 0.3 is 11.9 Å². The molecule has 0 aliphatic carbocycles. The second-order valence-corrected chi connectivity index (χ2v) is 5.64. The van der Waals surface area contributed by atoms with Crippen LogP contribution in [0.4, 0.5) is 5.69 Å². The fourth-order valence-electron chi connectivity index (χ4n) is 2.67. The predicted molar refractivity (Wildman–Crippen MR) is 93.5 cm³/mol. The van der Waals surface area contributed by atoms with Crippen molar-refractivity contribution in [3.8, 4) is 11.5 Å². The number of hydrogen-bond donors (Lipinski definition) is 0. The average Bonchev–Trinajstić information content (AvgIpc) is 3.21. The van der Waals surface area contributed by atoms with Gasteiger partial charge in [0, 0.05) is 17.7 Å². The molecular formula is C18H19N3O6. The van der Waals surface area contributed by atoms with E-state index in [1.807, 2.05) is 13.0 Å². The van der Waals surface area contributed by atoms with E-state index in [0.717, 1.165) is 0 Å². The summed E-state index contributed by atoms with van der Waals surface area (Å²) in [5.74, 6) is -0.348. The third-order valence-electron chi connectivity index (χ3n) is 4.02. The standard InChI is InChI=1S/C18H19N3O6/c1-4-14-19-16(27-20-14)11-6-5-7-12(8-11)21-10-26-9-13(17(22)24-2)15(21)18(23)25-3/h5-8H,4,9-10H2,1-3H3. The minimum Gasteiger partial charge on any atom is -0.466 e. The molecule has 9 nitrogen and oxygen atoms in total. The largest absolute Gasteiger partial charge is 0.466 e. The molecule has 0 saturated carbocycles. The molecule has 1 aromatic carbocycles. The Morgan fingerprint density at radius 3 is 2.67 bits per heavy atom. The number of benzene rings is 1. The lowest BCUT2D eigenvalue weighted by Gasteiger charge is -2.31. The summed E-state index contributed by atoms with van der Waals surface area (Å²) >= 11 is 0. The van der Waals surface area contributed by atoms with Crippen molar-refractivity contribution in [3.05, 3.63) is 41.4 Å². The van der Waals surface area contributed by atoms with Crippen molar-refractivity contribution < 1.29 is 28.3 Å². The molecule has 9 heteroatoms. The van der Waals surface area contributed by atoms with Crippen LogP contribution in [0.3, 0.4) is 0 Å². The van der Waals surface area contributed by atoms with E-state index < -0.39 is 11.9 Å². The highest BCUT2D eigenvalue weighted by Gasteiger charge is 2.32. The molecule has 0 atom stereocenters. The van der Waals surface area contributed by atoms with Gasteiger partial charge in [0.15, 0.2) is 5.82 Å². The zero-order valence-corrected chi connectivity index (χ0v) is 15.2. The summed E-state index contributed by atoms with van der Waals surface area (Å²) in [6.07, 6.45) is 0.654. The first-order valence-electron chi connectivity index (χ1n) is 8.27. The van der Waals surface area contributed by atoms with E-state index in [9.17, 15) is 9.59 Å². The highest BCUT2D eigenvalue weighted by atomic mass is 16.5. The van der Waals surface area contributed by atoms with Gasteiger partial charge in [-0.1, -0.05) is 18.1 Å². The van der Waals surface area contributed by atoms with E-state index in [2.05, 4.69) is 10.1 Å². The molecule has 27 heavy (non-hydrogen) atoms. The Morgan fingerprint density at radius 2 is 2.00 bits per heavy atom. The van der Waals surface area contributed by atoms with Crippen molar-refractivity contribution in [1.82, 2.24) is 10.1 Å². The lowest BCUT2D eigenvalue weighted by atomic mass is 10.1. The number of rotatable bonds is 5. The van der Waals surface area contributed by atoms with Crippen molar-refractivity contribution in [2.24, 2.45) is 0 Å². The summed E-state index contributed by atoms with van der Waals surface area (Å²) in [5, 5.41) is 3.89. The van der Waals surface area contributed by atoms with Gasteiger partial charge in [0.2, 0.25) is 0 Å². The molecule has 3 rings (SSSR count). The normalized spacial score (nSPS) is 14.3. The molecule has 0 bridgehead atoms. The molecule has 2 aromatic rings. The van der Waals surface area contributed by atoms with Gasteiger partial charge in [0.25, 0.3) is 5.89 Å². The second kappa shape index (κ2) is 8.00. The van der Waals surface area contributed by atoms with Gasteiger partial charge in [-0.25, -0.2) is 9.59 Å². The first-order valence-corrected chi connectivity index (χ1v) is 8.27. The molecule has 1 aromatic heterocycles. The Kier molecular flexibility index (Phi) is 5.51. The predicted octanol–water partition coefficient (Wildman–Crippen LogP) is 1.69. The maximum Gasteiger partial charge on any atom is 0.355 e. The molecule has 0 spiro atoms. The van der Waals surface area contributed by atoms with Gasteiger partial charge in [-0.15, -0.1) is 0 Å².